The fourth-order valence-corrected chi connectivity index (χ4v) is 4.20. The lowest BCUT2D eigenvalue weighted by Gasteiger charge is -2.27. The smallest absolute Gasteiger partial charge is 0.274 e. The van der Waals surface area contributed by atoms with E-state index in [1.807, 2.05) is 12.3 Å². The van der Waals surface area contributed by atoms with E-state index in [-0.39, 0.29) is 0 Å². The summed E-state index contributed by atoms with van der Waals surface area (Å²) in [4.78, 5) is 12.2. The molecule has 0 radical (unpaired) electrons. The Hall–Kier alpha value is -2.44. The summed E-state index contributed by atoms with van der Waals surface area (Å²) < 4.78 is 0. The maximum absolute atomic E-state index is 4.80. The number of anilines is 3. The molecule has 3 N–H and O–H groups in total. The zero-order valence-electron chi connectivity index (χ0n) is 16.0. The van der Waals surface area contributed by atoms with E-state index in [2.05, 4.69) is 64.8 Å². The van der Waals surface area contributed by atoms with Gasteiger partial charge in [0.15, 0.2) is 5.13 Å². The molecule has 0 unspecified atom stereocenters. The first-order valence-corrected chi connectivity index (χ1v) is 10.4. The molecular formula is C21H27N5S+2. The van der Waals surface area contributed by atoms with Crippen molar-refractivity contribution >= 4 is 28.0 Å². The van der Waals surface area contributed by atoms with Crippen LogP contribution in [0.25, 0.3) is 0 Å². The summed E-state index contributed by atoms with van der Waals surface area (Å²) in [5.41, 5.74) is 4.91. The Morgan fingerprint density at radius 1 is 1.15 bits per heavy atom. The molecule has 2 aromatic heterocycles. The molecule has 0 amide bonds. The van der Waals surface area contributed by atoms with Crippen LogP contribution in [0.5, 0.6) is 0 Å². The minimum atomic E-state index is 0.977. The molecule has 3 heterocycles. The quantitative estimate of drug-likeness (QED) is 0.712. The molecule has 1 fully saturated rings. The summed E-state index contributed by atoms with van der Waals surface area (Å²) in [5.74, 6) is 1.21. The third-order valence-corrected chi connectivity index (χ3v) is 6.05. The Kier molecular flexibility index (Phi) is 5.36. The Balaban J connectivity index is 1.31. The number of pyridine rings is 1. The number of aromatic nitrogens is 2. The van der Waals surface area contributed by atoms with Crippen LogP contribution in [0, 0.1) is 13.8 Å². The molecule has 27 heavy (non-hydrogen) atoms. The number of thiazole rings is 1. The van der Waals surface area contributed by atoms with Gasteiger partial charge < -0.3 is 10.2 Å². The number of H-pyrrole nitrogens is 1. The SMILES string of the molecule is Cc1ccc(Nc2nc(C[NH+]3CCN(c4cccc[nH+]4)CC3)cs2)cc1C. The van der Waals surface area contributed by atoms with E-state index in [1.165, 1.54) is 22.6 Å². The molecule has 0 bridgehead atoms. The van der Waals surface area contributed by atoms with Crippen molar-refractivity contribution in [1.29, 1.82) is 0 Å². The van der Waals surface area contributed by atoms with Gasteiger partial charge in [0.05, 0.1) is 6.20 Å². The van der Waals surface area contributed by atoms with Crippen LogP contribution < -0.4 is 20.1 Å². The number of nitrogens with one attached hydrogen (secondary N) is 3. The van der Waals surface area contributed by atoms with Gasteiger partial charge in [0.25, 0.3) is 5.82 Å². The number of aromatic amines is 1. The normalized spacial score (nSPS) is 15.1. The van der Waals surface area contributed by atoms with E-state index in [0.717, 1.165) is 43.5 Å². The van der Waals surface area contributed by atoms with Crippen molar-refractivity contribution < 1.29 is 9.88 Å². The number of hydrogen-bond donors (Lipinski definition) is 2. The zero-order valence-corrected chi connectivity index (χ0v) is 16.8. The Bertz CT molecular complexity index is 885. The van der Waals surface area contributed by atoms with E-state index in [9.17, 15) is 0 Å². The van der Waals surface area contributed by atoms with Gasteiger partial charge in [0, 0.05) is 17.1 Å². The second-order valence-electron chi connectivity index (χ2n) is 7.23. The van der Waals surface area contributed by atoms with Crippen molar-refractivity contribution in [3.05, 3.63) is 64.8 Å². The van der Waals surface area contributed by atoms with Gasteiger partial charge in [-0.05, 0) is 43.2 Å². The van der Waals surface area contributed by atoms with Crippen LogP contribution in [-0.2, 0) is 6.54 Å². The second-order valence-corrected chi connectivity index (χ2v) is 8.09. The highest BCUT2D eigenvalue weighted by molar-refractivity contribution is 7.13. The molecule has 1 aromatic carbocycles. The topological polar surface area (TPSA) is 46.7 Å². The van der Waals surface area contributed by atoms with Gasteiger partial charge >= 0.3 is 0 Å². The number of hydrogen-bond acceptors (Lipinski definition) is 4. The molecule has 5 nitrogen and oxygen atoms in total. The average molecular weight is 382 g/mol. The van der Waals surface area contributed by atoms with Crippen LogP contribution in [0.2, 0.25) is 0 Å². The number of piperazine rings is 1. The van der Waals surface area contributed by atoms with Gasteiger partial charge in [0.2, 0.25) is 0 Å². The predicted octanol–water partition coefficient (Wildman–Crippen LogP) is 2.22. The fraction of sp³-hybridized carbons (Fsp3) is 0.333. The van der Waals surface area contributed by atoms with E-state index in [0.29, 0.717) is 0 Å². The first kappa shape index (κ1) is 17.9. The van der Waals surface area contributed by atoms with Crippen LogP contribution in [0.3, 0.4) is 0 Å². The van der Waals surface area contributed by atoms with Crippen molar-refractivity contribution in [2.24, 2.45) is 0 Å². The lowest BCUT2D eigenvalue weighted by atomic mass is 10.1. The summed E-state index contributed by atoms with van der Waals surface area (Å²) in [6, 6.07) is 12.7. The Morgan fingerprint density at radius 2 is 2.00 bits per heavy atom. The second kappa shape index (κ2) is 8.06. The first-order valence-electron chi connectivity index (χ1n) is 9.51. The zero-order chi connectivity index (χ0) is 18.6. The van der Waals surface area contributed by atoms with Gasteiger partial charge in [-0.1, -0.05) is 12.1 Å². The van der Waals surface area contributed by atoms with Crippen molar-refractivity contribution in [1.82, 2.24) is 4.98 Å². The van der Waals surface area contributed by atoms with Gasteiger partial charge in [0.1, 0.15) is 38.4 Å². The van der Waals surface area contributed by atoms with Crippen molar-refractivity contribution in [2.75, 3.05) is 36.4 Å². The Labute approximate surface area is 164 Å². The van der Waals surface area contributed by atoms with Gasteiger partial charge in [-0.15, -0.1) is 11.3 Å². The van der Waals surface area contributed by atoms with Crippen LogP contribution in [0.1, 0.15) is 16.8 Å². The molecule has 1 aliphatic heterocycles. The molecular weight excluding hydrogens is 354 g/mol. The molecule has 6 heteroatoms. The molecule has 1 saturated heterocycles. The molecule has 0 aliphatic carbocycles. The third kappa shape index (κ3) is 4.46. The van der Waals surface area contributed by atoms with Crippen molar-refractivity contribution in [3.63, 3.8) is 0 Å². The molecule has 3 aromatic rings. The summed E-state index contributed by atoms with van der Waals surface area (Å²) in [5, 5.41) is 6.61. The third-order valence-electron chi connectivity index (χ3n) is 5.24. The molecule has 0 spiro atoms. The van der Waals surface area contributed by atoms with Crippen molar-refractivity contribution in [3.8, 4) is 0 Å². The lowest BCUT2D eigenvalue weighted by molar-refractivity contribution is -0.914. The molecule has 140 valence electrons. The minimum Gasteiger partial charge on any atom is -0.332 e. The maximum atomic E-state index is 4.80. The number of quaternary nitrogens is 1. The predicted molar refractivity (Wildman–Crippen MR) is 111 cm³/mol. The van der Waals surface area contributed by atoms with E-state index in [1.54, 1.807) is 16.2 Å². The molecule has 0 saturated carbocycles. The minimum absolute atomic E-state index is 0.977. The monoisotopic (exact) mass is 381 g/mol. The highest BCUT2D eigenvalue weighted by atomic mass is 32.1. The highest BCUT2D eigenvalue weighted by Crippen LogP contribution is 2.22. The molecule has 0 atom stereocenters. The largest absolute Gasteiger partial charge is 0.332 e. The van der Waals surface area contributed by atoms with Gasteiger partial charge in [-0.2, -0.15) is 0 Å². The summed E-state index contributed by atoms with van der Waals surface area (Å²) in [7, 11) is 0. The summed E-state index contributed by atoms with van der Waals surface area (Å²) in [6.45, 7) is 9.71. The number of nitrogens with zero attached hydrogens (tertiary/aromatic N) is 2. The first-order chi connectivity index (χ1) is 13.2. The number of aryl methyl sites for hydroxylation is 2. The highest BCUT2D eigenvalue weighted by Gasteiger charge is 2.26. The van der Waals surface area contributed by atoms with Crippen LogP contribution in [-0.4, -0.2) is 31.2 Å². The van der Waals surface area contributed by atoms with E-state index < -0.39 is 0 Å². The summed E-state index contributed by atoms with van der Waals surface area (Å²) in [6.07, 6.45) is 1.99. The maximum Gasteiger partial charge on any atom is 0.274 e. The van der Waals surface area contributed by atoms with E-state index in [4.69, 9.17) is 4.98 Å². The fourth-order valence-electron chi connectivity index (χ4n) is 3.47. The molecule has 4 rings (SSSR count). The average Bonchev–Trinajstić information content (AvgIpc) is 3.13. The van der Waals surface area contributed by atoms with Gasteiger partial charge in [-0.25, -0.2) is 9.97 Å². The summed E-state index contributed by atoms with van der Waals surface area (Å²) >= 11 is 1.69. The number of benzene rings is 1. The number of rotatable bonds is 5. The van der Waals surface area contributed by atoms with E-state index >= 15 is 0 Å². The standard InChI is InChI=1S/C21H25N5S/c1-16-6-7-18(13-17(16)2)23-21-24-19(15-27-21)14-25-9-11-26(12-10-25)20-5-3-4-8-22-20/h3-8,13,15H,9-12,14H2,1-2H3,(H,23,24)/p+2. The Morgan fingerprint density at radius 3 is 2.74 bits per heavy atom. The van der Waals surface area contributed by atoms with Gasteiger partial charge in [-0.3, -0.25) is 4.90 Å². The lowest BCUT2D eigenvalue weighted by Crippen LogP contribution is -3.13. The van der Waals surface area contributed by atoms with Crippen LogP contribution in [0.15, 0.2) is 48.0 Å². The van der Waals surface area contributed by atoms with Crippen molar-refractivity contribution in [2.45, 2.75) is 20.4 Å². The van der Waals surface area contributed by atoms with Crippen LogP contribution >= 0.6 is 11.3 Å². The van der Waals surface area contributed by atoms with Crippen LogP contribution in [0.4, 0.5) is 16.6 Å². The molecule has 1 aliphatic rings.